The second-order valence-electron chi connectivity index (χ2n) is 15.3. The van der Waals surface area contributed by atoms with Gasteiger partial charge < -0.3 is 24.7 Å². The molecule has 2 aliphatic rings. The molecule has 2 unspecified atom stereocenters. The fraction of sp³-hybridized carbons (Fsp3) is 0.415. The highest BCUT2D eigenvalue weighted by molar-refractivity contribution is 7.86. The van der Waals surface area contributed by atoms with Crippen molar-refractivity contribution < 1.29 is 68.1 Å². The lowest BCUT2D eigenvalue weighted by Gasteiger charge is -2.29. The van der Waals surface area contributed by atoms with Crippen molar-refractivity contribution in [1.29, 1.82) is 0 Å². The topological polar surface area (TPSA) is 250 Å². The molecule has 5 N–H and O–H groups in total. The molecule has 0 amide bonds. The van der Waals surface area contributed by atoms with Crippen LogP contribution in [0.3, 0.4) is 0 Å². The van der Waals surface area contributed by atoms with Gasteiger partial charge in [-0.2, -0.15) is 29.8 Å². The zero-order chi connectivity index (χ0) is 45.0. The number of methoxy groups -OCH3 is 1. The first-order valence-corrected chi connectivity index (χ1v) is 24.0. The Balaban J connectivity index is 1.49. The van der Waals surface area contributed by atoms with E-state index >= 15 is 0 Å². The summed E-state index contributed by atoms with van der Waals surface area (Å²) in [7, 11) is -11.9. The van der Waals surface area contributed by atoms with Gasteiger partial charge in [0.15, 0.2) is 5.71 Å². The molecule has 5 rings (SSSR count). The number of fused-ring (bicyclic) bond motifs is 2. The first kappa shape index (κ1) is 47.2. The molecule has 3 aromatic rings. The minimum Gasteiger partial charge on any atom is -0.492 e. The Kier molecular flexibility index (Phi) is 14.4. The van der Waals surface area contributed by atoms with Gasteiger partial charge >= 0.3 is 5.97 Å². The number of aromatic nitrogens is 1. The molecule has 0 fully saturated rings. The van der Waals surface area contributed by atoms with Crippen LogP contribution in [0.15, 0.2) is 94.4 Å². The zero-order valence-electron chi connectivity index (χ0n) is 34.3. The van der Waals surface area contributed by atoms with Crippen LogP contribution in [-0.4, -0.2) is 103 Å². The van der Waals surface area contributed by atoms with Crippen LogP contribution in [0.5, 0.6) is 11.8 Å². The van der Waals surface area contributed by atoms with Gasteiger partial charge in [-0.15, -0.1) is 4.73 Å². The van der Waals surface area contributed by atoms with E-state index in [2.05, 4.69) is 4.90 Å². The first-order chi connectivity index (χ1) is 28.5. The molecule has 20 heteroatoms. The monoisotopic (exact) mass is 906 g/mol. The summed E-state index contributed by atoms with van der Waals surface area (Å²) in [5.41, 5.74) is 2.46. The molecule has 61 heavy (non-hydrogen) atoms. The number of likely N-dealkylation sites (N-methyl/N-ethyl adjacent to an activating group) is 1. The van der Waals surface area contributed by atoms with Crippen LogP contribution in [0.1, 0.15) is 76.8 Å². The van der Waals surface area contributed by atoms with E-state index in [1.165, 1.54) is 36.4 Å². The number of carbonyl (C=O) groups excluding carboxylic acids is 1. The van der Waals surface area contributed by atoms with Crippen molar-refractivity contribution in [3.05, 3.63) is 95.7 Å². The van der Waals surface area contributed by atoms with Gasteiger partial charge in [0.2, 0.25) is 17.4 Å². The van der Waals surface area contributed by atoms with Gasteiger partial charge in [-0.3, -0.25) is 13.7 Å². The summed E-state index contributed by atoms with van der Waals surface area (Å²) in [5, 5.41) is 19.6. The number of allylic oxidation sites excluding steroid dienone is 6. The number of anilines is 1. The number of carbonyl (C=O) groups is 1. The molecule has 0 aliphatic carbocycles. The van der Waals surface area contributed by atoms with Gasteiger partial charge in [0.05, 0.1) is 21.0 Å². The number of rotatable bonds is 20. The summed E-state index contributed by atoms with van der Waals surface area (Å²) >= 11 is 0. The van der Waals surface area contributed by atoms with Crippen molar-refractivity contribution in [2.24, 2.45) is 0 Å². The number of aromatic hydroxyl groups is 2. The molecule has 3 heterocycles. The molecule has 332 valence electrons. The summed E-state index contributed by atoms with van der Waals surface area (Å²) in [6, 6.07) is 11.1. The van der Waals surface area contributed by atoms with E-state index in [-0.39, 0.29) is 29.1 Å². The third kappa shape index (κ3) is 10.6. The van der Waals surface area contributed by atoms with Crippen LogP contribution >= 0.6 is 0 Å². The maximum absolute atomic E-state index is 12.4. The van der Waals surface area contributed by atoms with E-state index in [0.29, 0.717) is 72.6 Å². The van der Waals surface area contributed by atoms with Gasteiger partial charge in [0, 0.05) is 79.7 Å². The highest BCUT2D eigenvalue weighted by atomic mass is 32.2. The Hall–Kier alpha value is -4.83. The third-order valence-corrected chi connectivity index (χ3v) is 13.7. The predicted octanol–water partition coefficient (Wildman–Crippen LogP) is 5.46. The van der Waals surface area contributed by atoms with Crippen LogP contribution < -0.4 is 9.74 Å². The molecule has 0 bridgehead atoms. The van der Waals surface area contributed by atoms with Crippen LogP contribution in [0.4, 0.5) is 11.4 Å². The summed E-state index contributed by atoms with van der Waals surface area (Å²) in [6.45, 7) is 7.06. The second kappa shape index (κ2) is 18.6. The molecule has 0 spiro atoms. The molecule has 2 atom stereocenters. The summed E-state index contributed by atoms with van der Waals surface area (Å²) < 4.78 is 110. The quantitative estimate of drug-likeness (QED) is 0.0409. The number of benzene rings is 2. The fourth-order valence-electron chi connectivity index (χ4n) is 8.12. The molecule has 17 nitrogen and oxygen atoms in total. The molecule has 1 aromatic heterocycles. The molecular weight excluding hydrogens is 855 g/mol. The van der Waals surface area contributed by atoms with E-state index in [1.54, 1.807) is 31.4 Å². The van der Waals surface area contributed by atoms with Gasteiger partial charge in [0.1, 0.15) is 6.54 Å². The van der Waals surface area contributed by atoms with E-state index in [4.69, 9.17) is 9.57 Å². The molecule has 0 saturated carbocycles. The van der Waals surface area contributed by atoms with E-state index in [0.717, 1.165) is 11.4 Å². The maximum atomic E-state index is 12.4. The van der Waals surface area contributed by atoms with E-state index in [1.807, 2.05) is 43.6 Å². The zero-order valence-corrected chi connectivity index (χ0v) is 36.7. The van der Waals surface area contributed by atoms with Gasteiger partial charge in [-0.25, -0.2) is 4.79 Å². The molecule has 2 aromatic carbocycles. The van der Waals surface area contributed by atoms with Crippen molar-refractivity contribution in [2.75, 3.05) is 37.5 Å². The Morgan fingerprint density at radius 2 is 1.43 bits per heavy atom. The van der Waals surface area contributed by atoms with E-state index < -0.39 is 64.7 Å². The number of hydrogen-bond donors (Lipinski definition) is 5. The maximum Gasteiger partial charge on any atom is 0.333 e. The number of ether oxygens (including phenoxy) is 1. The summed E-state index contributed by atoms with van der Waals surface area (Å²) in [5.74, 6) is -2.11. The van der Waals surface area contributed by atoms with Crippen molar-refractivity contribution in [3.8, 4) is 11.8 Å². The molecule has 0 saturated heterocycles. The van der Waals surface area contributed by atoms with Gasteiger partial charge in [-0.05, 0) is 94.8 Å². The standard InChI is InChI=1S/C41H51N3O14S3/c1-5-42-33-18-16-29(60(51,52)53)27-31(33)41(3,23-25-57-4)35(42)13-8-6-9-14-36-40(2,22-12-26-59(48,49)50)32-28-30(61(54,55)56)17-19-34(32)43(36)24-11-7-10-15-39(47)58-44-37(45)20-21-38(44)46/h6,8-9,13-14,16-21,27-28H,5,7,10-12,15,22-26H2,1-4H3,(H4-,45,46,48,49,50,51,52,53,54,55,56)/p+1. The lowest BCUT2D eigenvalue weighted by molar-refractivity contribution is -0.438. The normalized spacial score (nSPS) is 20.0. The van der Waals surface area contributed by atoms with Crippen LogP contribution in [-0.2, 0) is 50.7 Å². The van der Waals surface area contributed by atoms with Crippen molar-refractivity contribution >= 4 is 53.4 Å². The SMILES string of the molecule is CCN1C(=CC=CC=CC2=[N+](CCCCCC(=O)On3c(O)ccc3O)c3ccc(S(=O)(=O)O)cc3C2(C)CCCS(=O)(=O)O)C(C)(CCOC)c2cc(S(=O)(=O)O)ccc21. The average Bonchev–Trinajstić information content (AvgIpc) is 3.71. The fourth-order valence-corrected chi connectivity index (χ4v) is 9.65. The van der Waals surface area contributed by atoms with Crippen LogP contribution in [0.25, 0.3) is 0 Å². The Morgan fingerprint density at radius 1 is 0.787 bits per heavy atom. The number of hydrogen-bond acceptors (Lipinski definition) is 12. The van der Waals surface area contributed by atoms with Crippen LogP contribution in [0.2, 0.25) is 0 Å². The Labute approximate surface area is 356 Å². The second-order valence-corrected chi connectivity index (χ2v) is 19.7. The van der Waals surface area contributed by atoms with Gasteiger partial charge in [0.25, 0.3) is 30.4 Å². The molecule has 2 aliphatic heterocycles. The highest BCUT2D eigenvalue weighted by Crippen LogP contribution is 2.50. The summed E-state index contributed by atoms with van der Waals surface area (Å²) in [6.07, 6.45) is 11.2. The minimum absolute atomic E-state index is 0.0133. The Morgan fingerprint density at radius 3 is 2.03 bits per heavy atom. The number of nitrogens with zero attached hydrogens (tertiary/aromatic N) is 3. The minimum atomic E-state index is -4.62. The Bertz CT molecular complexity index is 2590. The third-order valence-electron chi connectivity index (χ3n) is 11.2. The van der Waals surface area contributed by atoms with Crippen molar-refractivity contribution in [2.45, 2.75) is 86.3 Å². The highest BCUT2D eigenvalue weighted by Gasteiger charge is 2.48. The van der Waals surface area contributed by atoms with Crippen molar-refractivity contribution in [3.63, 3.8) is 0 Å². The summed E-state index contributed by atoms with van der Waals surface area (Å²) in [4.78, 5) is 19.0. The van der Waals surface area contributed by atoms with E-state index in [9.17, 15) is 53.9 Å². The predicted molar refractivity (Wildman–Crippen MR) is 226 cm³/mol. The van der Waals surface area contributed by atoms with Crippen LogP contribution in [0, 0.1) is 0 Å². The van der Waals surface area contributed by atoms with Crippen molar-refractivity contribution in [1.82, 2.24) is 4.73 Å². The number of unbranched alkanes of at least 4 members (excludes halogenated alkanes) is 2. The average molecular weight is 907 g/mol. The van der Waals surface area contributed by atoms with Gasteiger partial charge in [-0.1, -0.05) is 18.2 Å². The smallest absolute Gasteiger partial charge is 0.333 e. The lowest BCUT2D eigenvalue weighted by atomic mass is 9.76. The lowest BCUT2D eigenvalue weighted by Crippen LogP contribution is -2.32. The largest absolute Gasteiger partial charge is 0.492 e. The molecule has 0 radical (unpaired) electrons. The molecular formula is C41H52N3O14S3+. The first-order valence-electron chi connectivity index (χ1n) is 19.5.